The van der Waals surface area contributed by atoms with Crippen molar-refractivity contribution in [3.8, 4) is 0 Å². The molecule has 0 bridgehead atoms. The van der Waals surface area contributed by atoms with E-state index in [4.69, 9.17) is 0 Å². The number of anilines is 1. The Morgan fingerprint density at radius 1 is 1.16 bits per heavy atom. The number of hydrogen-bond donors (Lipinski definition) is 2. The van der Waals surface area contributed by atoms with Crippen LogP contribution in [0.3, 0.4) is 0 Å². The third-order valence-electron chi connectivity index (χ3n) is 3.82. The smallest absolute Gasteiger partial charge is 0.273 e. The molecule has 0 unspecified atom stereocenters. The summed E-state index contributed by atoms with van der Waals surface area (Å²) in [5.74, 6) is 0.627. The Morgan fingerprint density at radius 2 is 1.76 bits per heavy atom. The van der Waals surface area contributed by atoms with Gasteiger partial charge in [-0.3, -0.25) is 14.6 Å². The predicted molar refractivity (Wildman–Crippen MR) is 101 cm³/mol. The van der Waals surface area contributed by atoms with E-state index in [1.54, 1.807) is 6.92 Å². The quantitative estimate of drug-likeness (QED) is 0.770. The first-order valence-corrected chi connectivity index (χ1v) is 9.27. The lowest BCUT2D eigenvalue weighted by Gasteiger charge is -2.20. The number of carbonyl (C=O) groups excluding carboxylic acids is 1. The summed E-state index contributed by atoms with van der Waals surface area (Å²) in [4.78, 5) is 26.6. The second kappa shape index (κ2) is 8.29. The molecule has 0 aliphatic heterocycles. The molecule has 0 aliphatic rings. The zero-order chi connectivity index (χ0) is 18.6. The number of nitrogens with zero attached hydrogens (tertiary/aromatic N) is 2. The number of benzene rings is 1. The summed E-state index contributed by atoms with van der Waals surface area (Å²) in [6, 6.07) is 6.12. The van der Waals surface area contributed by atoms with Crippen LogP contribution in [0.1, 0.15) is 56.4 Å². The molecule has 0 radical (unpaired) electrons. The number of thioether (sulfide) groups is 1. The summed E-state index contributed by atoms with van der Waals surface area (Å²) < 4.78 is 0. The number of carbonyl (C=O) groups is 1. The number of para-hydroxylation sites is 1. The third kappa shape index (κ3) is 4.92. The first-order chi connectivity index (χ1) is 11.8. The molecular formula is C18H24N4O2S. The van der Waals surface area contributed by atoms with Gasteiger partial charge in [0.2, 0.25) is 5.91 Å². The van der Waals surface area contributed by atoms with Crippen LogP contribution in [-0.4, -0.2) is 26.8 Å². The van der Waals surface area contributed by atoms with Crippen molar-refractivity contribution in [2.24, 2.45) is 0 Å². The lowest BCUT2D eigenvalue weighted by atomic mass is 9.92. The zero-order valence-electron chi connectivity index (χ0n) is 15.2. The maximum atomic E-state index is 12.4. The van der Waals surface area contributed by atoms with Crippen LogP contribution in [0.4, 0.5) is 5.69 Å². The molecule has 134 valence electrons. The Kier molecular flexibility index (Phi) is 6.36. The van der Waals surface area contributed by atoms with Crippen LogP contribution in [-0.2, 0) is 4.79 Å². The number of aryl methyl sites for hydroxylation is 1. The van der Waals surface area contributed by atoms with Crippen molar-refractivity contribution in [3.05, 3.63) is 45.4 Å². The van der Waals surface area contributed by atoms with E-state index in [0.717, 1.165) is 28.6 Å². The van der Waals surface area contributed by atoms with Crippen molar-refractivity contribution < 1.29 is 4.79 Å². The van der Waals surface area contributed by atoms with Gasteiger partial charge >= 0.3 is 0 Å². The molecule has 0 fully saturated rings. The molecule has 6 nitrogen and oxygen atoms in total. The van der Waals surface area contributed by atoms with Gasteiger partial charge in [0.05, 0.1) is 5.75 Å². The van der Waals surface area contributed by atoms with Gasteiger partial charge in [0.25, 0.3) is 5.56 Å². The van der Waals surface area contributed by atoms with Crippen molar-refractivity contribution in [1.29, 1.82) is 0 Å². The van der Waals surface area contributed by atoms with E-state index < -0.39 is 0 Å². The van der Waals surface area contributed by atoms with E-state index in [9.17, 15) is 9.59 Å². The van der Waals surface area contributed by atoms with Crippen LogP contribution in [0.25, 0.3) is 0 Å². The van der Waals surface area contributed by atoms with E-state index in [2.05, 4.69) is 48.2 Å². The molecule has 1 amide bonds. The number of aromatic nitrogens is 3. The molecular weight excluding hydrogens is 336 g/mol. The summed E-state index contributed by atoms with van der Waals surface area (Å²) in [5, 5.41) is 11.0. The van der Waals surface area contributed by atoms with Crippen LogP contribution < -0.4 is 10.9 Å². The van der Waals surface area contributed by atoms with E-state index in [1.807, 2.05) is 18.2 Å². The normalized spacial score (nSPS) is 11.2. The molecule has 2 N–H and O–H groups in total. The molecule has 0 saturated heterocycles. The van der Waals surface area contributed by atoms with Gasteiger partial charge in [0, 0.05) is 5.69 Å². The fraction of sp³-hybridized carbons (Fsp3) is 0.444. The number of rotatable bonds is 6. The van der Waals surface area contributed by atoms with Gasteiger partial charge in [0.1, 0.15) is 5.69 Å². The molecule has 0 saturated carbocycles. The molecule has 0 aliphatic carbocycles. The molecule has 7 heteroatoms. The minimum absolute atomic E-state index is 0.136. The topological polar surface area (TPSA) is 87.7 Å². The SMILES string of the molecule is Cc1nnc(SCC(=O)Nc2c(C(C)C)cccc2C(C)C)[nH]c1=O. The third-order valence-corrected chi connectivity index (χ3v) is 4.68. The standard InChI is InChI=1S/C18H24N4O2S/c1-10(2)13-7-6-8-14(11(3)4)16(13)19-15(23)9-25-18-20-17(24)12(5)21-22-18/h6-8,10-11H,9H2,1-5H3,(H,19,23)(H,20,22,24). The van der Waals surface area contributed by atoms with E-state index in [1.165, 1.54) is 0 Å². The molecule has 25 heavy (non-hydrogen) atoms. The second-order valence-corrected chi connectivity index (χ2v) is 7.47. The molecule has 1 aromatic carbocycles. The number of nitrogens with one attached hydrogen (secondary N) is 2. The van der Waals surface area contributed by atoms with Crippen LogP contribution >= 0.6 is 11.8 Å². The van der Waals surface area contributed by atoms with Crippen LogP contribution in [0.2, 0.25) is 0 Å². The first-order valence-electron chi connectivity index (χ1n) is 8.28. The Hall–Kier alpha value is -2.15. The summed E-state index contributed by atoms with van der Waals surface area (Å²) in [6.07, 6.45) is 0. The molecule has 0 spiro atoms. The molecule has 2 rings (SSSR count). The highest BCUT2D eigenvalue weighted by Crippen LogP contribution is 2.32. The van der Waals surface area contributed by atoms with E-state index in [0.29, 0.717) is 22.7 Å². The van der Waals surface area contributed by atoms with Gasteiger partial charge in [-0.05, 0) is 29.9 Å². The Balaban J connectivity index is 2.14. The largest absolute Gasteiger partial charge is 0.325 e. The maximum absolute atomic E-state index is 12.4. The fourth-order valence-electron chi connectivity index (χ4n) is 2.45. The number of H-pyrrole nitrogens is 1. The minimum atomic E-state index is -0.287. The highest BCUT2D eigenvalue weighted by molar-refractivity contribution is 7.99. The van der Waals surface area contributed by atoms with E-state index in [-0.39, 0.29) is 17.2 Å². The summed E-state index contributed by atoms with van der Waals surface area (Å²) in [7, 11) is 0. The van der Waals surface area contributed by atoms with Crippen LogP contribution in [0.5, 0.6) is 0 Å². The highest BCUT2D eigenvalue weighted by Gasteiger charge is 2.16. The average Bonchev–Trinajstić information content (AvgIpc) is 2.55. The molecule has 0 atom stereocenters. The van der Waals surface area contributed by atoms with Gasteiger partial charge in [-0.1, -0.05) is 57.7 Å². The Labute approximate surface area is 151 Å². The monoisotopic (exact) mass is 360 g/mol. The van der Waals surface area contributed by atoms with Crippen molar-refractivity contribution in [2.75, 3.05) is 11.1 Å². The number of aromatic amines is 1. The average molecular weight is 360 g/mol. The summed E-state index contributed by atoms with van der Waals surface area (Å²) >= 11 is 1.16. The number of amides is 1. The minimum Gasteiger partial charge on any atom is -0.325 e. The highest BCUT2D eigenvalue weighted by atomic mass is 32.2. The predicted octanol–water partition coefficient (Wildman–Crippen LogP) is 3.45. The lowest BCUT2D eigenvalue weighted by molar-refractivity contribution is -0.113. The van der Waals surface area contributed by atoms with Gasteiger partial charge in [-0.25, -0.2) is 0 Å². The Bertz CT molecular complexity index is 789. The summed E-state index contributed by atoms with van der Waals surface area (Å²) in [5.41, 5.74) is 3.15. The van der Waals surface area contributed by atoms with Crippen LogP contribution in [0.15, 0.2) is 28.2 Å². The first kappa shape index (κ1) is 19.2. The van der Waals surface area contributed by atoms with E-state index >= 15 is 0 Å². The van der Waals surface area contributed by atoms with Crippen molar-refractivity contribution >= 4 is 23.4 Å². The molecule has 1 aromatic heterocycles. The maximum Gasteiger partial charge on any atom is 0.273 e. The molecule has 1 heterocycles. The summed E-state index contributed by atoms with van der Waals surface area (Å²) in [6.45, 7) is 10.0. The van der Waals surface area contributed by atoms with Gasteiger partial charge in [0.15, 0.2) is 5.16 Å². The van der Waals surface area contributed by atoms with Crippen LogP contribution in [0, 0.1) is 6.92 Å². The van der Waals surface area contributed by atoms with Crippen molar-refractivity contribution in [1.82, 2.24) is 15.2 Å². The fourth-order valence-corrected chi connectivity index (χ4v) is 3.05. The molecule has 2 aromatic rings. The van der Waals surface area contributed by atoms with Gasteiger partial charge < -0.3 is 5.32 Å². The van der Waals surface area contributed by atoms with Crippen molar-refractivity contribution in [2.45, 2.75) is 51.6 Å². The zero-order valence-corrected chi connectivity index (χ0v) is 16.0. The lowest BCUT2D eigenvalue weighted by Crippen LogP contribution is -2.19. The number of hydrogen-bond acceptors (Lipinski definition) is 5. The Morgan fingerprint density at radius 3 is 2.28 bits per heavy atom. The van der Waals surface area contributed by atoms with Gasteiger partial charge in [-0.2, -0.15) is 0 Å². The van der Waals surface area contributed by atoms with Gasteiger partial charge in [-0.15, -0.1) is 10.2 Å². The van der Waals surface area contributed by atoms with Crippen molar-refractivity contribution in [3.63, 3.8) is 0 Å². The second-order valence-electron chi connectivity index (χ2n) is 6.50.